The fourth-order valence-corrected chi connectivity index (χ4v) is 1.79. The predicted octanol–water partition coefficient (Wildman–Crippen LogP) is 2.25. The Kier molecular flexibility index (Phi) is 3.18. The molecule has 0 saturated carbocycles. The molecule has 0 aliphatic rings. The minimum Gasteiger partial charge on any atom is -0.389 e. The zero-order chi connectivity index (χ0) is 9.84. The van der Waals surface area contributed by atoms with Crippen molar-refractivity contribution in [1.82, 2.24) is 0 Å². The van der Waals surface area contributed by atoms with Crippen molar-refractivity contribution in [1.29, 1.82) is 5.26 Å². The van der Waals surface area contributed by atoms with Gasteiger partial charge in [0.1, 0.15) is 11.1 Å². The molecule has 1 heterocycles. The van der Waals surface area contributed by atoms with Crippen LogP contribution in [-0.2, 0) is 0 Å². The molecule has 0 amide bonds. The average molecular weight is 208 g/mol. The maximum absolute atomic E-state index is 8.70. The fourth-order valence-electron chi connectivity index (χ4n) is 0.822. The highest BCUT2D eigenvalue weighted by Crippen LogP contribution is 2.18. The number of thiocarbonyl (C=S) groups is 1. The number of hydrogen-bond acceptors (Lipinski definition) is 3. The van der Waals surface area contributed by atoms with E-state index in [1.807, 2.05) is 24.4 Å². The van der Waals surface area contributed by atoms with Crippen LogP contribution in [0.15, 0.2) is 17.0 Å². The summed E-state index contributed by atoms with van der Waals surface area (Å²) >= 11 is 6.29. The lowest BCUT2D eigenvalue weighted by atomic mass is 10.2. The lowest BCUT2D eigenvalue weighted by Crippen LogP contribution is -2.09. The Bertz CT molecular complexity index is 396. The van der Waals surface area contributed by atoms with Gasteiger partial charge in [0.05, 0.1) is 5.57 Å². The molecule has 0 atom stereocenters. The summed E-state index contributed by atoms with van der Waals surface area (Å²) in [5.41, 5.74) is 6.85. The van der Waals surface area contributed by atoms with E-state index < -0.39 is 0 Å². The minimum absolute atomic E-state index is 0.148. The molecule has 0 radical (unpaired) electrons. The summed E-state index contributed by atoms with van der Waals surface area (Å²) in [6.45, 7) is 1.98. The molecule has 0 aliphatic carbocycles. The quantitative estimate of drug-likeness (QED) is 0.460. The summed E-state index contributed by atoms with van der Waals surface area (Å²) in [6, 6.07) is 3.96. The Morgan fingerprint density at radius 1 is 1.77 bits per heavy atom. The van der Waals surface area contributed by atoms with Crippen molar-refractivity contribution >= 4 is 34.6 Å². The van der Waals surface area contributed by atoms with E-state index in [-0.39, 0.29) is 4.99 Å². The number of thiophene rings is 1. The number of nitrogens with zero attached hydrogens (tertiary/aromatic N) is 1. The Balaban J connectivity index is 3.07. The molecule has 1 aromatic heterocycles. The molecule has 0 bridgehead atoms. The Hall–Kier alpha value is -1.18. The van der Waals surface area contributed by atoms with Gasteiger partial charge in [-0.1, -0.05) is 12.2 Å². The van der Waals surface area contributed by atoms with E-state index in [9.17, 15) is 0 Å². The van der Waals surface area contributed by atoms with Crippen molar-refractivity contribution in [3.8, 4) is 6.07 Å². The molecule has 0 unspecified atom stereocenters. The van der Waals surface area contributed by atoms with E-state index in [0.29, 0.717) is 5.57 Å². The monoisotopic (exact) mass is 208 g/mol. The van der Waals surface area contributed by atoms with Crippen LogP contribution < -0.4 is 5.73 Å². The van der Waals surface area contributed by atoms with Crippen molar-refractivity contribution in [3.05, 3.63) is 27.5 Å². The highest BCUT2D eigenvalue weighted by molar-refractivity contribution is 7.80. The van der Waals surface area contributed by atoms with E-state index >= 15 is 0 Å². The fraction of sp³-hybridized carbons (Fsp3) is 0.111. The average Bonchev–Trinajstić information content (AvgIpc) is 2.46. The molecule has 0 aromatic carbocycles. The second kappa shape index (κ2) is 4.17. The summed E-state index contributed by atoms with van der Waals surface area (Å²) in [5, 5.41) is 10.7. The summed E-state index contributed by atoms with van der Waals surface area (Å²) < 4.78 is 0. The molecule has 0 spiro atoms. The standard InChI is InChI=1S/C9H8N2S2/c1-6-2-3-13-8(6)4-7(5-10)9(11)12/h2-4H,1H3,(H2,11,12)/b7-4-. The van der Waals surface area contributed by atoms with Crippen LogP contribution in [0.3, 0.4) is 0 Å². The maximum Gasteiger partial charge on any atom is 0.114 e. The number of nitriles is 1. The highest BCUT2D eigenvalue weighted by Gasteiger charge is 2.01. The molecule has 1 rings (SSSR count). The molecule has 4 heteroatoms. The van der Waals surface area contributed by atoms with Gasteiger partial charge in [-0.25, -0.2) is 0 Å². The molecule has 66 valence electrons. The van der Waals surface area contributed by atoms with Crippen molar-refractivity contribution in [2.45, 2.75) is 6.92 Å². The largest absolute Gasteiger partial charge is 0.389 e. The third-order valence-electron chi connectivity index (χ3n) is 1.56. The van der Waals surface area contributed by atoms with E-state index in [4.69, 9.17) is 23.2 Å². The normalized spacial score (nSPS) is 10.9. The van der Waals surface area contributed by atoms with Crippen molar-refractivity contribution in [3.63, 3.8) is 0 Å². The first-order chi connectivity index (χ1) is 6.15. The molecular formula is C9H8N2S2. The van der Waals surface area contributed by atoms with Crippen LogP contribution in [0, 0.1) is 18.3 Å². The van der Waals surface area contributed by atoms with Gasteiger partial charge in [-0.05, 0) is 30.0 Å². The molecule has 0 fully saturated rings. The van der Waals surface area contributed by atoms with Gasteiger partial charge in [-0.3, -0.25) is 0 Å². The van der Waals surface area contributed by atoms with Gasteiger partial charge in [0.25, 0.3) is 0 Å². The van der Waals surface area contributed by atoms with Crippen LogP contribution in [0.2, 0.25) is 0 Å². The van der Waals surface area contributed by atoms with Crippen LogP contribution in [0.4, 0.5) is 0 Å². The Labute approximate surface area is 86.3 Å². The van der Waals surface area contributed by atoms with E-state index in [1.165, 1.54) is 0 Å². The molecule has 1 aromatic rings. The zero-order valence-corrected chi connectivity index (χ0v) is 8.71. The molecule has 13 heavy (non-hydrogen) atoms. The molecule has 2 N–H and O–H groups in total. The van der Waals surface area contributed by atoms with Crippen molar-refractivity contribution in [2.24, 2.45) is 5.73 Å². The summed E-state index contributed by atoms with van der Waals surface area (Å²) in [5.74, 6) is 0. The van der Waals surface area contributed by atoms with Gasteiger partial charge in [0.15, 0.2) is 0 Å². The van der Waals surface area contributed by atoms with Gasteiger partial charge in [0, 0.05) is 4.88 Å². The van der Waals surface area contributed by atoms with Crippen LogP contribution in [0.1, 0.15) is 10.4 Å². The van der Waals surface area contributed by atoms with Gasteiger partial charge in [-0.2, -0.15) is 5.26 Å². The Morgan fingerprint density at radius 2 is 2.46 bits per heavy atom. The summed E-state index contributed by atoms with van der Waals surface area (Å²) in [6.07, 6.45) is 1.72. The van der Waals surface area contributed by atoms with Crippen LogP contribution >= 0.6 is 23.6 Å². The minimum atomic E-state index is 0.148. The second-order valence-corrected chi connectivity index (χ2v) is 3.89. The first kappa shape index (κ1) is 9.90. The third-order valence-corrected chi connectivity index (χ3v) is 2.75. The lowest BCUT2D eigenvalue weighted by Gasteiger charge is -1.93. The number of aryl methyl sites for hydroxylation is 1. The zero-order valence-electron chi connectivity index (χ0n) is 7.07. The van der Waals surface area contributed by atoms with Gasteiger partial charge >= 0.3 is 0 Å². The second-order valence-electron chi connectivity index (χ2n) is 2.50. The summed E-state index contributed by atoms with van der Waals surface area (Å²) in [4.78, 5) is 1.18. The topological polar surface area (TPSA) is 49.8 Å². The van der Waals surface area contributed by atoms with Crippen LogP contribution in [0.5, 0.6) is 0 Å². The Morgan fingerprint density at radius 3 is 2.85 bits per heavy atom. The van der Waals surface area contributed by atoms with E-state index in [2.05, 4.69) is 0 Å². The molecule has 0 aliphatic heterocycles. The maximum atomic E-state index is 8.70. The number of rotatable bonds is 2. The molecule has 0 saturated heterocycles. The molecular weight excluding hydrogens is 200 g/mol. The van der Waals surface area contributed by atoms with Crippen LogP contribution in [0.25, 0.3) is 6.08 Å². The lowest BCUT2D eigenvalue weighted by molar-refractivity contribution is 1.50. The first-order valence-electron chi connectivity index (χ1n) is 3.61. The van der Waals surface area contributed by atoms with E-state index in [1.54, 1.807) is 17.4 Å². The van der Waals surface area contributed by atoms with Crippen molar-refractivity contribution < 1.29 is 0 Å². The smallest absolute Gasteiger partial charge is 0.114 e. The van der Waals surface area contributed by atoms with E-state index in [0.717, 1.165) is 10.4 Å². The number of hydrogen-bond donors (Lipinski definition) is 1. The SMILES string of the molecule is Cc1ccsc1/C=C(/C#N)C(N)=S. The summed E-state index contributed by atoms with van der Waals surface area (Å²) in [7, 11) is 0. The van der Waals surface area contributed by atoms with Gasteiger partial charge < -0.3 is 5.73 Å². The van der Waals surface area contributed by atoms with Gasteiger partial charge in [0.2, 0.25) is 0 Å². The first-order valence-corrected chi connectivity index (χ1v) is 4.89. The van der Waals surface area contributed by atoms with Crippen LogP contribution in [-0.4, -0.2) is 4.99 Å². The van der Waals surface area contributed by atoms with Gasteiger partial charge in [-0.15, -0.1) is 11.3 Å². The molecule has 2 nitrogen and oxygen atoms in total. The highest BCUT2D eigenvalue weighted by atomic mass is 32.1. The predicted molar refractivity (Wildman–Crippen MR) is 59.4 cm³/mol. The number of nitrogens with two attached hydrogens (primary N) is 1. The third kappa shape index (κ3) is 2.38. The van der Waals surface area contributed by atoms with Crippen molar-refractivity contribution in [2.75, 3.05) is 0 Å².